The fourth-order valence-corrected chi connectivity index (χ4v) is 4.70. The van der Waals surface area contributed by atoms with E-state index in [2.05, 4.69) is 21.5 Å². The molecule has 3 aromatic rings. The van der Waals surface area contributed by atoms with E-state index in [9.17, 15) is 4.79 Å². The number of hydrogen-bond acceptors (Lipinski definition) is 2. The maximum Gasteiger partial charge on any atom is 0.255 e. The number of amides is 1. The second-order valence-corrected chi connectivity index (χ2v) is 7.30. The summed E-state index contributed by atoms with van der Waals surface area (Å²) in [5, 5.41) is 0. The molecule has 0 aromatic carbocycles. The summed E-state index contributed by atoms with van der Waals surface area (Å²) in [5.74, 6) is 0.553. The SMILES string of the molecule is Cn1cnc2c1CCC1C2CCCN1C(=O)c1cc2ccccn2c1. The lowest BCUT2D eigenvalue weighted by molar-refractivity contribution is 0.0542. The number of hydrogen-bond donors (Lipinski definition) is 0. The summed E-state index contributed by atoms with van der Waals surface area (Å²) in [5.41, 5.74) is 4.43. The van der Waals surface area contributed by atoms with Crippen LogP contribution in [0.3, 0.4) is 0 Å². The number of pyridine rings is 1. The summed E-state index contributed by atoms with van der Waals surface area (Å²) < 4.78 is 4.17. The van der Waals surface area contributed by atoms with Crippen LogP contribution in [-0.4, -0.2) is 37.3 Å². The molecule has 0 spiro atoms. The number of imidazole rings is 1. The summed E-state index contributed by atoms with van der Waals surface area (Å²) in [6.45, 7) is 0.856. The van der Waals surface area contributed by atoms with E-state index in [0.29, 0.717) is 5.92 Å². The quantitative estimate of drug-likeness (QED) is 0.686. The van der Waals surface area contributed by atoms with Crippen LogP contribution >= 0.6 is 0 Å². The molecule has 128 valence electrons. The molecule has 4 heterocycles. The van der Waals surface area contributed by atoms with E-state index in [1.165, 1.54) is 11.4 Å². The molecule has 5 rings (SSSR count). The van der Waals surface area contributed by atoms with Gasteiger partial charge in [-0.3, -0.25) is 4.79 Å². The molecular formula is C20H22N4O. The largest absolute Gasteiger partial charge is 0.337 e. The molecule has 3 aromatic heterocycles. The highest BCUT2D eigenvalue weighted by atomic mass is 16.2. The maximum atomic E-state index is 13.2. The van der Waals surface area contributed by atoms with Crippen LogP contribution < -0.4 is 0 Å². The van der Waals surface area contributed by atoms with Crippen molar-refractivity contribution < 1.29 is 4.79 Å². The smallest absolute Gasteiger partial charge is 0.255 e. The number of fused-ring (bicyclic) bond motifs is 4. The standard InChI is InChI=1S/C20H22N4O/c1-22-13-21-19-16-6-4-10-24(17(16)7-8-18(19)22)20(25)14-11-15-5-2-3-9-23(15)12-14/h2-3,5,9,11-13,16-17H,4,6-8,10H2,1H3. The van der Waals surface area contributed by atoms with Gasteiger partial charge in [0.25, 0.3) is 5.91 Å². The summed E-state index contributed by atoms with van der Waals surface area (Å²) in [7, 11) is 2.07. The first-order valence-electron chi connectivity index (χ1n) is 9.10. The Balaban J connectivity index is 1.48. The second-order valence-electron chi connectivity index (χ2n) is 7.30. The lowest BCUT2D eigenvalue weighted by atomic mass is 9.78. The average Bonchev–Trinajstić information content (AvgIpc) is 3.24. The van der Waals surface area contributed by atoms with Crippen LogP contribution in [-0.2, 0) is 13.5 Å². The average molecular weight is 334 g/mol. The predicted molar refractivity (Wildman–Crippen MR) is 95.7 cm³/mol. The number of nitrogens with zero attached hydrogens (tertiary/aromatic N) is 4. The van der Waals surface area contributed by atoms with E-state index in [1.807, 2.05) is 47.4 Å². The molecule has 1 aliphatic carbocycles. The first-order chi connectivity index (χ1) is 12.2. The van der Waals surface area contributed by atoms with Crippen molar-refractivity contribution in [2.24, 2.45) is 7.05 Å². The van der Waals surface area contributed by atoms with Crippen LogP contribution in [0.15, 0.2) is 43.0 Å². The van der Waals surface area contributed by atoms with Gasteiger partial charge in [-0.2, -0.15) is 0 Å². The van der Waals surface area contributed by atoms with Crippen molar-refractivity contribution in [2.45, 2.75) is 37.6 Å². The number of likely N-dealkylation sites (tertiary alicyclic amines) is 1. The normalized spacial score (nSPS) is 22.7. The monoisotopic (exact) mass is 334 g/mol. The Morgan fingerprint density at radius 2 is 2.20 bits per heavy atom. The zero-order valence-electron chi connectivity index (χ0n) is 14.4. The van der Waals surface area contributed by atoms with E-state index in [0.717, 1.165) is 43.3 Å². The van der Waals surface area contributed by atoms with Crippen molar-refractivity contribution in [3.8, 4) is 0 Å². The number of piperidine rings is 1. The number of rotatable bonds is 1. The third kappa shape index (κ3) is 2.22. The fraction of sp³-hybridized carbons (Fsp3) is 0.400. The van der Waals surface area contributed by atoms with Gasteiger partial charge in [0.05, 0.1) is 17.6 Å². The van der Waals surface area contributed by atoms with Crippen LogP contribution in [0.1, 0.15) is 46.9 Å². The Bertz CT molecular complexity index is 921. The molecule has 0 bridgehead atoms. The summed E-state index contributed by atoms with van der Waals surface area (Å²) in [6.07, 6.45) is 10.1. The topological polar surface area (TPSA) is 42.5 Å². The van der Waals surface area contributed by atoms with Gasteiger partial charge in [0, 0.05) is 49.2 Å². The highest BCUT2D eigenvalue weighted by Gasteiger charge is 2.40. The van der Waals surface area contributed by atoms with Crippen molar-refractivity contribution in [2.75, 3.05) is 6.54 Å². The zero-order valence-corrected chi connectivity index (χ0v) is 14.4. The first-order valence-corrected chi connectivity index (χ1v) is 9.10. The van der Waals surface area contributed by atoms with E-state index in [1.54, 1.807) is 0 Å². The Morgan fingerprint density at radius 3 is 3.08 bits per heavy atom. The van der Waals surface area contributed by atoms with E-state index in [-0.39, 0.29) is 11.9 Å². The molecule has 0 radical (unpaired) electrons. The van der Waals surface area contributed by atoms with Gasteiger partial charge in [0.2, 0.25) is 0 Å². The van der Waals surface area contributed by atoms with Gasteiger partial charge in [-0.15, -0.1) is 0 Å². The third-order valence-electron chi connectivity index (χ3n) is 5.91. The molecule has 2 aliphatic rings. The van der Waals surface area contributed by atoms with Crippen LogP contribution in [0.25, 0.3) is 5.52 Å². The lowest BCUT2D eigenvalue weighted by Crippen LogP contribution is -2.49. The molecule has 1 fully saturated rings. The molecule has 1 amide bonds. The maximum absolute atomic E-state index is 13.2. The van der Waals surface area contributed by atoms with E-state index in [4.69, 9.17) is 0 Å². The van der Waals surface area contributed by atoms with Gasteiger partial charge in [0.15, 0.2) is 0 Å². The van der Waals surface area contributed by atoms with E-state index >= 15 is 0 Å². The highest BCUT2D eigenvalue weighted by Crippen LogP contribution is 2.40. The predicted octanol–water partition coefficient (Wildman–Crippen LogP) is 3.01. The lowest BCUT2D eigenvalue weighted by Gasteiger charge is -2.43. The summed E-state index contributed by atoms with van der Waals surface area (Å²) in [6, 6.07) is 8.32. The van der Waals surface area contributed by atoms with Gasteiger partial charge in [-0.25, -0.2) is 4.98 Å². The van der Waals surface area contributed by atoms with Gasteiger partial charge >= 0.3 is 0 Å². The molecule has 2 unspecified atom stereocenters. The molecule has 1 saturated heterocycles. The van der Waals surface area contributed by atoms with Crippen LogP contribution in [0.4, 0.5) is 0 Å². The number of carbonyl (C=O) groups is 1. The Kier molecular flexibility index (Phi) is 3.23. The van der Waals surface area contributed by atoms with Crippen LogP contribution in [0.5, 0.6) is 0 Å². The molecular weight excluding hydrogens is 312 g/mol. The van der Waals surface area contributed by atoms with Crippen molar-refractivity contribution >= 4 is 11.4 Å². The minimum atomic E-state index is 0.165. The number of aryl methyl sites for hydroxylation is 1. The summed E-state index contributed by atoms with van der Waals surface area (Å²) >= 11 is 0. The molecule has 5 nitrogen and oxygen atoms in total. The first kappa shape index (κ1) is 14.8. The van der Waals surface area contributed by atoms with Crippen LogP contribution in [0, 0.1) is 0 Å². The summed E-state index contributed by atoms with van der Waals surface area (Å²) in [4.78, 5) is 20.0. The Hall–Kier alpha value is -2.56. The second kappa shape index (κ2) is 5.48. The third-order valence-corrected chi connectivity index (χ3v) is 5.91. The molecule has 0 saturated carbocycles. The number of aromatic nitrogens is 3. The molecule has 25 heavy (non-hydrogen) atoms. The molecule has 0 N–H and O–H groups in total. The van der Waals surface area contributed by atoms with E-state index < -0.39 is 0 Å². The van der Waals surface area contributed by atoms with Gasteiger partial charge in [-0.05, 0) is 43.9 Å². The van der Waals surface area contributed by atoms with Crippen molar-refractivity contribution in [3.05, 3.63) is 59.9 Å². The molecule has 2 atom stereocenters. The van der Waals surface area contributed by atoms with Crippen molar-refractivity contribution in [3.63, 3.8) is 0 Å². The van der Waals surface area contributed by atoms with Crippen molar-refractivity contribution in [1.82, 2.24) is 18.9 Å². The minimum absolute atomic E-state index is 0.165. The van der Waals surface area contributed by atoms with Crippen LogP contribution in [0.2, 0.25) is 0 Å². The molecule has 1 aliphatic heterocycles. The fourth-order valence-electron chi connectivity index (χ4n) is 4.70. The minimum Gasteiger partial charge on any atom is -0.337 e. The zero-order chi connectivity index (χ0) is 17.0. The highest BCUT2D eigenvalue weighted by molar-refractivity contribution is 5.96. The Labute approximate surface area is 146 Å². The molecule has 5 heteroatoms. The Morgan fingerprint density at radius 1 is 1.28 bits per heavy atom. The van der Waals surface area contributed by atoms with Gasteiger partial charge in [-0.1, -0.05) is 6.07 Å². The van der Waals surface area contributed by atoms with Gasteiger partial charge in [0.1, 0.15) is 0 Å². The van der Waals surface area contributed by atoms with Crippen molar-refractivity contribution in [1.29, 1.82) is 0 Å². The number of carbonyl (C=O) groups excluding carboxylic acids is 1. The van der Waals surface area contributed by atoms with Gasteiger partial charge < -0.3 is 13.9 Å².